The first kappa shape index (κ1) is 20.4. The van der Waals surface area contributed by atoms with E-state index in [4.69, 9.17) is 0 Å². The molecule has 3 rings (SSSR count). The molecule has 0 radical (unpaired) electrons. The summed E-state index contributed by atoms with van der Waals surface area (Å²) < 4.78 is 4.62. The number of methoxy groups -OCH3 is 1. The molecule has 2 aliphatic rings. The summed E-state index contributed by atoms with van der Waals surface area (Å²) in [4.78, 5) is 40.8. The molecule has 2 amide bonds. The van der Waals surface area contributed by atoms with Gasteiger partial charge in [-0.15, -0.1) is 0 Å². The zero-order chi connectivity index (χ0) is 20.1. The van der Waals surface area contributed by atoms with Gasteiger partial charge in [-0.05, 0) is 38.2 Å². The Hall–Kier alpha value is -2.37. The third-order valence-electron chi connectivity index (χ3n) is 5.99. The maximum atomic E-state index is 13.3. The van der Waals surface area contributed by atoms with Crippen LogP contribution >= 0.6 is 0 Å². The highest BCUT2D eigenvalue weighted by atomic mass is 16.5. The van der Waals surface area contributed by atoms with Crippen LogP contribution in [0.25, 0.3) is 0 Å². The van der Waals surface area contributed by atoms with Crippen molar-refractivity contribution >= 4 is 17.8 Å². The van der Waals surface area contributed by atoms with Crippen LogP contribution in [0.2, 0.25) is 0 Å². The minimum Gasteiger partial charge on any atom is -0.469 e. The van der Waals surface area contributed by atoms with Crippen LogP contribution in [-0.4, -0.2) is 54.3 Å². The monoisotopic (exact) mass is 386 g/mol. The van der Waals surface area contributed by atoms with Crippen LogP contribution in [0.1, 0.15) is 49.7 Å². The smallest absolute Gasteiger partial charge is 0.305 e. The molecule has 6 heteroatoms. The van der Waals surface area contributed by atoms with Gasteiger partial charge in [-0.2, -0.15) is 0 Å². The van der Waals surface area contributed by atoms with E-state index in [0.717, 1.165) is 31.4 Å². The lowest BCUT2D eigenvalue weighted by Crippen LogP contribution is -2.50. The van der Waals surface area contributed by atoms with E-state index in [1.54, 1.807) is 0 Å². The molecule has 152 valence electrons. The van der Waals surface area contributed by atoms with Crippen LogP contribution in [0.15, 0.2) is 24.3 Å². The first-order valence-corrected chi connectivity index (χ1v) is 10.1. The molecule has 0 bridgehead atoms. The molecule has 2 saturated heterocycles. The number of amides is 2. The van der Waals surface area contributed by atoms with E-state index in [1.165, 1.54) is 12.7 Å². The van der Waals surface area contributed by atoms with E-state index in [1.807, 2.05) is 15.9 Å². The van der Waals surface area contributed by atoms with Gasteiger partial charge < -0.3 is 14.5 Å². The molecule has 6 nitrogen and oxygen atoms in total. The number of carbonyl (C=O) groups excluding carboxylic acids is 3. The van der Waals surface area contributed by atoms with Crippen molar-refractivity contribution in [3.63, 3.8) is 0 Å². The molecule has 1 aromatic rings. The predicted octanol–water partition coefficient (Wildman–Crippen LogP) is 2.68. The zero-order valence-corrected chi connectivity index (χ0v) is 16.9. The van der Waals surface area contributed by atoms with Crippen molar-refractivity contribution < 1.29 is 19.1 Å². The number of likely N-dealkylation sites (tertiary alicyclic amines) is 2. The number of rotatable bonds is 6. The summed E-state index contributed by atoms with van der Waals surface area (Å²) in [6.07, 6.45) is 3.63. The average molecular weight is 386 g/mol. The maximum absolute atomic E-state index is 13.3. The van der Waals surface area contributed by atoms with Crippen LogP contribution in [0.5, 0.6) is 0 Å². The van der Waals surface area contributed by atoms with Crippen molar-refractivity contribution in [2.45, 2.75) is 52.0 Å². The molecule has 2 heterocycles. The molecular weight excluding hydrogens is 356 g/mol. The fraction of sp³-hybridized carbons (Fsp3) is 0.591. The summed E-state index contributed by atoms with van der Waals surface area (Å²) in [6, 6.07) is 8.27. The standard InChI is InChI=1S/C22H30N2O4/c1-17-6-3-7-18(14-17)15-23-12-5-10-22(21(23)27)11-13-24(16-22)19(25)8-4-9-20(26)28-2/h3,6-7,14H,4-5,8-13,15-16H2,1-2H3. The van der Waals surface area contributed by atoms with E-state index in [-0.39, 0.29) is 24.2 Å². The number of nitrogens with zero attached hydrogens (tertiary/aromatic N) is 2. The molecule has 1 spiro atoms. The lowest BCUT2D eigenvalue weighted by molar-refractivity contribution is -0.146. The van der Waals surface area contributed by atoms with Crippen molar-refractivity contribution in [3.05, 3.63) is 35.4 Å². The minimum atomic E-state index is -0.430. The first-order valence-electron chi connectivity index (χ1n) is 10.1. The van der Waals surface area contributed by atoms with Crippen LogP contribution in [0, 0.1) is 12.3 Å². The fourth-order valence-electron chi connectivity index (χ4n) is 4.44. The van der Waals surface area contributed by atoms with Gasteiger partial charge in [0.2, 0.25) is 11.8 Å². The van der Waals surface area contributed by atoms with Gasteiger partial charge in [-0.25, -0.2) is 0 Å². The molecule has 0 N–H and O–H groups in total. The van der Waals surface area contributed by atoms with E-state index in [9.17, 15) is 14.4 Å². The summed E-state index contributed by atoms with van der Waals surface area (Å²) in [5.74, 6) is -0.0746. The molecular formula is C22H30N2O4. The van der Waals surface area contributed by atoms with Gasteiger partial charge in [0, 0.05) is 39.0 Å². The summed E-state index contributed by atoms with van der Waals surface area (Å²) >= 11 is 0. The Morgan fingerprint density at radius 3 is 2.75 bits per heavy atom. The summed E-state index contributed by atoms with van der Waals surface area (Å²) in [5, 5.41) is 0. The number of carbonyl (C=O) groups is 3. The highest BCUT2D eigenvalue weighted by Crippen LogP contribution is 2.40. The van der Waals surface area contributed by atoms with Crippen LogP contribution in [0.3, 0.4) is 0 Å². The SMILES string of the molecule is COC(=O)CCCC(=O)N1CCC2(CCCN(Cc3cccc(C)c3)C2=O)C1. The zero-order valence-electron chi connectivity index (χ0n) is 16.9. The number of aryl methyl sites for hydroxylation is 1. The summed E-state index contributed by atoms with van der Waals surface area (Å²) in [6.45, 7) is 4.61. The molecule has 1 unspecified atom stereocenters. The Morgan fingerprint density at radius 2 is 2.00 bits per heavy atom. The molecule has 28 heavy (non-hydrogen) atoms. The van der Waals surface area contributed by atoms with E-state index in [2.05, 4.69) is 29.9 Å². The van der Waals surface area contributed by atoms with Crippen LogP contribution < -0.4 is 0 Å². The molecule has 0 aromatic heterocycles. The van der Waals surface area contributed by atoms with Gasteiger partial charge in [0.05, 0.1) is 12.5 Å². The van der Waals surface area contributed by atoms with Gasteiger partial charge in [-0.3, -0.25) is 14.4 Å². The lowest BCUT2D eigenvalue weighted by Gasteiger charge is -2.39. The number of benzene rings is 1. The van der Waals surface area contributed by atoms with Crippen molar-refractivity contribution in [2.75, 3.05) is 26.7 Å². The van der Waals surface area contributed by atoms with Gasteiger partial charge in [0.15, 0.2) is 0 Å². The van der Waals surface area contributed by atoms with Crippen molar-refractivity contribution in [1.29, 1.82) is 0 Å². The number of piperidine rings is 1. The van der Waals surface area contributed by atoms with Gasteiger partial charge in [0.1, 0.15) is 0 Å². The first-order chi connectivity index (χ1) is 13.4. The fourth-order valence-corrected chi connectivity index (χ4v) is 4.44. The second-order valence-electron chi connectivity index (χ2n) is 8.09. The number of esters is 1. The normalized spacial score (nSPS) is 22.0. The molecule has 2 fully saturated rings. The quantitative estimate of drug-likeness (QED) is 0.705. The second kappa shape index (κ2) is 8.76. The Kier molecular flexibility index (Phi) is 6.37. The molecule has 1 atom stereocenters. The van der Waals surface area contributed by atoms with Crippen molar-refractivity contribution in [2.24, 2.45) is 5.41 Å². The summed E-state index contributed by atoms with van der Waals surface area (Å²) in [7, 11) is 1.35. The third kappa shape index (κ3) is 4.54. The Labute approximate surface area is 166 Å². The number of ether oxygens (including phenoxy) is 1. The van der Waals surface area contributed by atoms with Crippen LogP contribution in [0.4, 0.5) is 0 Å². The molecule has 1 aromatic carbocycles. The van der Waals surface area contributed by atoms with Crippen molar-refractivity contribution in [1.82, 2.24) is 9.80 Å². The highest BCUT2D eigenvalue weighted by Gasteiger charge is 2.49. The highest BCUT2D eigenvalue weighted by molar-refractivity contribution is 5.86. The maximum Gasteiger partial charge on any atom is 0.305 e. The number of hydrogen-bond donors (Lipinski definition) is 0. The number of hydrogen-bond acceptors (Lipinski definition) is 4. The Balaban J connectivity index is 1.58. The molecule has 0 saturated carbocycles. The Bertz CT molecular complexity index is 748. The van der Waals surface area contributed by atoms with Crippen molar-refractivity contribution in [3.8, 4) is 0 Å². The van der Waals surface area contributed by atoms with E-state index < -0.39 is 5.41 Å². The molecule has 0 aliphatic carbocycles. The van der Waals surface area contributed by atoms with Crippen LogP contribution in [-0.2, 0) is 25.7 Å². The van der Waals surface area contributed by atoms with E-state index >= 15 is 0 Å². The van der Waals surface area contributed by atoms with Gasteiger partial charge in [0.25, 0.3) is 0 Å². The second-order valence-corrected chi connectivity index (χ2v) is 8.09. The van der Waals surface area contributed by atoms with Gasteiger partial charge in [-0.1, -0.05) is 29.8 Å². The lowest BCUT2D eigenvalue weighted by atomic mass is 9.78. The van der Waals surface area contributed by atoms with E-state index in [0.29, 0.717) is 32.5 Å². The summed E-state index contributed by atoms with van der Waals surface area (Å²) in [5.41, 5.74) is 1.92. The average Bonchev–Trinajstić information content (AvgIpc) is 3.10. The predicted molar refractivity (Wildman–Crippen MR) is 105 cm³/mol. The largest absolute Gasteiger partial charge is 0.469 e. The topological polar surface area (TPSA) is 66.9 Å². The Morgan fingerprint density at radius 1 is 1.18 bits per heavy atom. The minimum absolute atomic E-state index is 0.0318. The third-order valence-corrected chi connectivity index (χ3v) is 5.99. The molecule has 2 aliphatic heterocycles. The van der Waals surface area contributed by atoms with Gasteiger partial charge >= 0.3 is 5.97 Å².